The first-order chi connectivity index (χ1) is 12.7. The summed E-state index contributed by atoms with van der Waals surface area (Å²) in [4.78, 5) is 17.2. The molecule has 136 valence electrons. The Bertz CT molecular complexity index is 777. The molecule has 1 N–H and O–H groups in total. The molecule has 26 heavy (non-hydrogen) atoms. The van der Waals surface area contributed by atoms with E-state index in [1.165, 1.54) is 23.3 Å². The number of amides is 1. The van der Waals surface area contributed by atoms with Gasteiger partial charge in [-0.05, 0) is 48.2 Å². The second-order valence-corrected chi connectivity index (χ2v) is 7.05. The molecule has 0 aromatic heterocycles. The van der Waals surface area contributed by atoms with Gasteiger partial charge in [-0.25, -0.2) is 4.39 Å². The number of hydrogen-bond donors (Lipinski definition) is 1. The van der Waals surface area contributed by atoms with Crippen molar-refractivity contribution in [2.75, 3.05) is 31.1 Å². The molecule has 2 aliphatic rings. The molecule has 0 aliphatic carbocycles. The lowest BCUT2D eigenvalue weighted by atomic mass is 9.95. The zero-order valence-electron chi connectivity index (χ0n) is 14.8. The molecule has 4 nitrogen and oxygen atoms in total. The molecule has 1 fully saturated rings. The Morgan fingerprint density at radius 1 is 0.962 bits per heavy atom. The summed E-state index contributed by atoms with van der Waals surface area (Å²) in [6, 6.07) is 14.8. The summed E-state index contributed by atoms with van der Waals surface area (Å²) in [6.07, 6.45) is 1.68. The zero-order chi connectivity index (χ0) is 17.9. The quantitative estimate of drug-likeness (QED) is 0.901. The van der Waals surface area contributed by atoms with Crippen LogP contribution in [0.15, 0.2) is 48.5 Å². The van der Waals surface area contributed by atoms with Crippen LogP contribution in [-0.4, -0.2) is 43.0 Å². The molecule has 1 amide bonds. The Balaban J connectivity index is 1.39. The monoisotopic (exact) mass is 353 g/mol. The highest BCUT2D eigenvalue weighted by atomic mass is 19.1. The summed E-state index contributed by atoms with van der Waals surface area (Å²) >= 11 is 0. The van der Waals surface area contributed by atoms with E-state index < -0.39 is 0 Å². The van der Waals surface area contributed by atoms with Crippen LogP contribution in [0.1, 0.15) is 17.5 Å². The normalized spacial score (nSPS) is 20.4. The first-order valence-corrected chi connectivity index (χ1v) is 9.30. The Hall–Kier alpha value is -2.40. The topological polar surface area (TPSA) is 35.6 Å². The molecule has 0 spiro atoms. The molecule has 2 aromatic rings. The summed E-state index contributed by atoms with van der Waals surface area (Å²) in [5, 5.41) is 3.40. The summed E-state index contributed by atoms with van der Waals surface area (Å²) in [7, 11) is 0. The van der Waals surface area contributed by atoms with Crippen molar-refractivity contribution in [1.82, 2.24) is 10.2 Å². The lowest BCUT2D eigenvalue weighted by Crippen LogP contribution is -2.50. The number of nitrogens with zero attached hydrogens (tertiary/aromatic N) is 2. The molecule has 5 heteroatoms. The predicted octanol–water partition coefficient (Wildman–Crippen LogP) is 2.58. The molecular weight excluding hydrogens is 329 g/mol. The Morgan fingerprint density at radius 2 is 1.73 bits per heavy atom. The SMILES string of the molecule is O=C([C@H]1Cc2ccccc2CN1)N1CCCN(c2ccc(F)cc2)CC1. The van der Waals surface area contributed by atoms with Gasteiger partial charge in [0.2, 0.25) is 5.91 Å². The van der Waals surface area contributed by atoms with Crippen LogP contribution in [-0.2, 0) is 17.8 Å². The minimum Gasteiger partial charge on any atom is -0.370 e. The highest BCUT2D eigenvalue weighted by molar-refractivity contribution is 5.82. The standard InChI is InChI=1S/C21H24FN3O/c22-18-6-8-19(9-7-18)24-10-3-11-25(13-12-24)21(26)20-14-16-4-1-2-5-17(16)15-23-20/h1-2,4-9,20,23H,3,10-15H2/t20-/m1/s1. The summed E-state index contributed by atoms with van der Waals surface area (Å²) in [5.74, 6) is -0.0236. The van der Waals surface area contributed by atoms with Gasteiger partial charge < -0.3 is 15.1 Å². The average Bonchev–Trinajstić information content (AvgIpc) is 2.94. The van der Waals surface area contributed by atoms with Crippen LogP contribution in [0.5, 0.6) is 0 Å². The number of hydrogen-bond acceptors (Lipinski definition) is 3. The summed E-state index contributed by atoms with van der Waals surface area (Å²) < 4.78 is 13.1. The third-order valence-electron chi connectivity index (χ3n) is 5.38. The number of benzene rings is 2. The number of carbonyl (C=O) groups excluding carboxylic acids is 1. The number of nitrogens with one attached hydrogen (secondary N) is 1. The number of halogens is 1. The van der Waals surface area contributed by atoms with E-state index in [1.54, 1.807) is 0 Å². The Morgan fingerprint density at radius 3 is 2.54 bits per heavy atom. The van der Waals surface area contributed by atoms with Crippen molar-refractivity contribution in [2.45, 2.75) is 25.4 Å². The van der Waals surface area contributed by atoms with Crippen LogP contribution in [0, 0.1) is 5.82 Å². The van der Waals surface area contributed by atoms with E-state index >= 15 is 0 Å². The molecule has 2 heterocycles. The molecule has 1 saturated heterocycles. The van der Waals surface area contributed by atoms with Crippen molar-refractivity contribution in [3.8, 4) is 0 Å². The number of carbonyl (C=O) groups is 1. The lowest BCUT2D eigenvalue weighted by molar-refractivity contribution is -0.133. The number of anilines is 1. The van der Waals surface area contributed by atoms with Gasteiger partial charge in [0.15, 0.2) is 0 Å². The smallest absolute Gasteiger partial charge is 0.240 e. The van der Waals surface area contributed by atoms with Gasteiger partial charge >= 0.3 is 0 Å². The van der Waals surface area contributed by atoms with Gasteiger partial charge in [0, 0.05) is 38.4 Å². The van der Waals surface area contributed by atoms with Crippen molar-refractivity contribution in [3.63, 3.8) is 0 Å². The van der Waals surface area contributed by atoms with Crippen LogP contribution >= 0.6 is 0 Å². The first kappa shape index (κ1) is 17.0. The highest BCUT2D eigenvalue weighted by Gasteiger charge is 2.29. The maximum absolute atomic E-state index is 13.1. The third-order valence-corrected chi connectivity index (χ3v) is 5.38. The summed E-state index contributed by atoms with van der Waals surface area (Å²) in [5.41, 5.74) is 3.58. The number of fused-ring (bicyclic) bond motifs is 1. The van der Waals surface area contributed by atoms with Crippen molar-refractivity contribution >= 4 is 11.6 Å². The van der Waals surface area contributed by atoms with E-state index in [0.29, 0.717) is 6.54 Å². The number of rotatable bonds is 2. The molecule has 4 rings (SSSR count). The van der Waals surface area contributed by atoms with Crippen molar-refractivity contribution in [1.29, 1.82) is 0 Å². The molecular formula is C21H24FN3O. The largest absolute Gasteiger partial charge is 0.370 e. The summed E-state index contributed by atoms with van der Waals surface area (Å²) in [6.45, 7) is 3.89. The van der Waals surface area contributed by atoms with Gasteiger partial charge in [0.25, 0.3) is 0 Å². The van der Waals surface area contributed by atoms with Crippen LogP contribution in [0.4, 0.5) is 10.1 Å². The van der Waals surface area contributed by atoms with Crippen LogP contribution in [0.2, 0.25) is 0 Å². The van der Waals surface area contributed by atoms with E-state index in [1.807, 2.05) is 29.2 Å². The fraction of sp³-hybridized carbons (Fsp3) is 0.381. The van der Waals surface area contributed by atoms with Gasteiger partial charge in [-0.3, -0.25) is 4.79 Å². The zero-order valence-corrected chi connectivity index (χ0v) is 14.8. The first-order valence-electron chi connectivity index (χ1n) is 9.30. The second-order valence-electron chi connectivity index (χ2n) is 7.05. The van der Waals surface area contributed by atoms with Gasteiger partial charge in [-0.1, -0.05) is 24.3 Å². The van der Waals surface area contributed by atoms with Crippen molar-refractivity contribution in [2.24, 2.45) is 0 Å². The Labute approximate surface area is 153 Å². The molecule has 2 aromatic carbocycles. The van der Waals surface area contributed by atoms with E-state index in [-0.39, 0.29) is 17.8 Å². The van der Waals surface area contributed by atoms with E-state index in [4.69, 9.17) is 0 Å². The van der Waals surface area contributed by atoms with Crippen molar-refractivity contribution < 1.29 is 9.18 Å². The Kier molecular flexibility index (Phi) is 4.89. The maximum atomic E-state index is 13.1. The van der Waals surface area contributed by atoms with Gasteiger partial charge in [-0.15, -0.1) is 0 Å². The fourth-order valence-electron chi connectivity index (χ4n) is 3.90. The maximum Gasteiger partial charge on any atom is 0.240 e. The highest BCUT2D eigenvalue weighted by Crippen LogP contribution is 2.20. The van der Waals surface area contributed by atoms with E-state index in [2.05, 4.69) is 22.3 Å². The van der Waals surface area contributed by atoms with Crippen molar-refractivity contribution in [3.05, 3.63) is 65.5 Å². The molecule has 0 radical (unpaired) electrons. The van der Waals surface area contributed by atoms with Crippen LogP contribution in [0.3, 0.4) is 0 Å². The average molecular weight is 353 g/mol. The second kappa shape index (κ2) is 7.46. The molecule has 1 atom stereocenters. The molecule has 0 saturated carbocycles. The molecule has 0 bridgehead atoms. The van der Waals surface area contributed by atoms with E-state index in [0.717, 1.165) is 44.7 Å². The van der Waals surface area contributed by atoms with Gasteiger partial charge in [0.05, 0.1) is 6.04 Å². The molecule has 2 aliphatic heterocycles. The lowest BCUT2D eigenvalue weighted by Gasteiger charge is -2.30. The van der Waals surface area contributed by atoms with E-state index in [9.17, 15) is 9.18 Å². The minimum atomic E-state index is -0.218. The van der Waals surface area contributed by atoms with Crippen LogP contribution < -0.4 is 10.2 Å². The minimum absolute atomic E-state index is 0.137. The fourth-order valence-corrected chi connectivity index (χ4v) is 3.90. The van der Waals surface area contributed by atoms with Crippen LogP contribution in [0.25, 0.3) is 0 Å². The van der Waals surface area contributed by atoms with Gasteiger partial charge in [0.1, 0.15) is 5.82 Å². The third kappa shape index (κ3) is 3.58. The molecule has 0 unspecified atom stereocenters. The predicted molar refractivity (Wildman–Crippen MR) is 101 cm³/mol. The van der Waals surface area contributed by atoms with Gasteiger partial charge in [-0.2, -0.15) is 0 Å².